The summed E-state index contributed by atoms with van der Waals surface area (Å²) in [6, 6.07) is 19.6. The molecule has 1 aromatic heterocycles. The van der Waals surface area contributed by atoms with E-state index in [1.165, 1.54) is 24.3 Å². The van der Waals surface area contributed by atoms with E-state index in [2.05, 4.69) is 33.6 Å². The van der Waals surface area contributed by atoms with Crippen molar-refractivity contribution in [2.24, 2.45) is 5.92 Å². The third kappa shape index (κ3) is 6.15. The highest BCUT2D eigenvalue weighted by Crippen LogP contribution is 2.29. The summed E-state index contributed by atoms with van der Waals surface area (Å²) in [4.78, 5) is 19.2. The second kappa shape index (κ2) is 10.8. The maximum Gasteiger partial charge on any atom is 0.265 e. The number of nitrogen functional groups attached to an aromatic ring is 1. The van der Waals surface area contributed by atoms with Gasteiger partial charge < -0.3 is 15.2 Å². The van der Waals surface area contributed by atoms with Crippen molar-refractivity contribution in [1.29, 1.82) is 0 Å². The number of carbonyl (C=O) groups is 1. The molecule has 0 aliphatic heterocycles. The monoisotopic (exact) mass is 519 g/mol. The normalized spacial score (nSPS) is 11.5. The minimum atomic E-state index is -4.01. The van der Waals surface area contributed by atoms with Gasteiger partial charge in [0.05, 0.1) is 16.3 Å². The number of hydrogen-bond donors (Lipinski definition) is 2. The molecule has 1 heterocycles. The topological polar surface area (TPSA) is 131 Å². The Labute approximate surface area is 216 Å². The van der Waals surface area contributed by atoms with Crippen LogP contribution in [-0.2, 0) is 10.0 Å². The lowest BCUT2D eigenvalue weighted by Crippen LogP contribution is -2.30. The number of anilines is 2. The van der Waals surface area contributed by atoms with Crippen molar-refractivity contribution in [3.8, 4) is 22.8 Å². The molecule has 4 aromatic rings. The van der Waals surface area contributed by atoms with E-state index in [0.29, 0.717) is 28.6 Å². The van der Waals surface area contributed by atoms with Gasteiger partial charge in [-0.1, -0.05) is 43.3 Å². The molecule has 4 rings (SSSR count). The predicted octanol–water partition coefficient (Wildman–Crippen LogP) is 4.59. The molecular formula is C27H29N5O4S. The summed E-state index contributed by atoms with van der Waals surface area (Å²) in [5, 5.41) is 4.06. The Kier molecular flexibility index (Phi) is 7.58. The van der Waals surface area contributed by atoms with Crippen LogP contribution in [0.4, 0.5) is 11.4 Å². The first-order valence-electron chi connectivity index (χ1n) is 11.8. The van der Waals surface area contributed by atoms with Crippen LogP contribution in [0.1, 0.15) is 30.6 Å². The average Bonchev–Trinajstić information content (AvgIpc) is 3.38. The molecule has 0 saturated carbocycles. The molecule has 37 heavy (non-hydrogen) atoms. The second-order valence-electron chi connectivity index (χ2n) is 9.13. The first kappa shape index (κ1) is 25.9. The lowest BCUT2D eigenvalue weighted by Gasteiger charge is -2.22. The van der Waals surface area contributed by atoms with Gasteiger partial charge in [0.1, 0.15) is 0 Å². The molecule has 192 valence electrons. The minimum Gasteiger partial charge on any atom is -0.397 e. The van der Waals surface area contributed by atoms with Gasteiger partial charge in [-0.25, -0.2) is 13.1 Å². The smallest absolute Gasteiger partial charge is 0.265 e. The fourth-order valence-electron chi connectivity index (χ4n) is 3.70. The number of rotatable bonds is 9. The number of carbonyl (C=O) groups excluding carboxylic acids is 1. The Morgan fingerprint density at radius 1 is 1.03 bits per heavy atom. The van der Waals surface area contributed by atoms with Gasteiger partial charge >= 0.3 is 0 Å². The Hall–Kier alpha value is -4.18. The molecule has 9 nitrogen and oxygen atoms in total. The van der Waals surface area contributed by atoms with Crippen LogP contribution in [0.25, 0.3) is 22.8 Å². The van der Waals surface area contributed by atoms with Gasteiger partial charge in [0, 0.05) is 30.3 Å². The molecule has 3 N–H and O–H groups in total. The van der Waals surface area contributed by atoms with Crippen molar-refractivity contribution in [3.63, 3.8) is 0 Å². The summed E-state index contributed by atoms with van der Waals surface area (Å²) in [5.41, 5.74) is 9.14. The Bertz CT molecular complexity index is 1500. The first-order chi connectivity index (χ1) is 17.6. The number of amides is 1. The fraction of sp³-hybridized carbons (Fsp3) is 0.222. The maximum absolute atomic E-state index is 12.7. The van der Waals surface area contributed by atoms with E-state index >= 15 is 0 Å². The molecule has 0 fully saturated rings. The van der Waals surface area contributed by atoms with Crippen LogP contribution >= 0.6 is 0 Å². The quantitative estimate of drug-likeness (QED) is 0.307. The van der Waals surface area contributed by atoms with Crippen LogP contribution in [-0.4, -0.2) is 38.1 Å². The van der Waals surface area contributed by atoms with Crippen molar-refractivity contribution in [2.45, 2.75) is 25.2 Å². The van der Waals surface area contributed by atoms with Crippen molar-refractivity contribution >= 4 is 27.3 Å². The van der Waals surface area contributed by atoms with Gasteiger partial charge in [-0.05, 0) is 60.9 Å². The number of hydrogen-bond acceptors (Lipinski definition) is 8. The molecule has 0 radical (unpaired) electrons. The molecule has 0 aliphatic rings. The van der Waals surface area contributed by atoms with E-state index in [0.717, 1.165) is 18.7 Å². The summed E-state index contributed by atoms with van der Waals surface area (Å²) in [6.45, 7) is 5.26. The van der Waals surface area contributed by atoms with Gasteiger partial charge in [-0.2, -0.15) is 4.98 Å². The van der Waals surface area contributed by atoms with Gasteiger partial charge in [-0.3, -0.25) is 4.79 Å². The van der Waals surface area contributed by atoms with Gasteiger partial charge in [0.2, 0.25) is 5.82 Å². The first-order valence-corrected chi connectivity index (χ1v) is 13.3. The molecular weight excluding hydrogens is 490 g/mol. The lowest BCUT2D eigenvalue weighted by atomic mass is 10.1. The summed E-state index contributed by atoms with van der Waals surface area (Å²) in [5.74, 6) is 0.362. The SMILES string of the molecule is CC(C)CCN(C)c1ccc(-c2noc(-c3cccc(C(=O)NS(=O)(=O)c4ccccc4)c3)n2)cc1N. The van der Waals surface area contributed by atoms with Crippen molar-refractivity contribution in [2.75, 3.05) is 24.2 Å². The van der Waals surface area contributed by atoms with E-state index in [1.54, 1.807) is 36.4 Å². The zero-order valence-corrected chi connectivity index (χ0v) is 21.7. The molecule has 0 atom stereocenters. The predicted molar refractivity (Wildman–Crippen MR) is 143 cm³/mol. The lowest BCUT2D eigenvalue weighted by molar-refractivity contribution is 0.0981. The van der Waals surface area contributed by atoms with Crippen LogP contribution in [0, 0.1) is 5.92 Å². The fourth-order valence-corrected chi connectivity index (χ4v) is 4.70. The van der Waals surface area contributed by atoms with E-state index in [4.69, 9.17) is 10.3 Å². The highest BCUT2D eigenvalue weighted by atomic mass is 32.2. The molecule has 0 aliphatic carbocycles. The van der Waals surface area contributed by atoms with Crippen LogP contribution < -0.4 is 15.4 Å². The number of nitrogens with two attached hydrogens (primary N) is 1. The zero-order chi connectivity index (χ0) is 26.6. The highest BCUT2D eigenvalue weighted by Gasteiger charge is 2.20. The van der Waals surface area contributed by atoms with Crippen molar-refractivity contribution in [3.05, 3.63) is 78.4 Å². The summed E-state index contributed by atoms with van der Waals surface area (Å²) in [7, 11) is -2.00. The minimum absolute atomic E-state index is 0.00236. The summed E-state index contributed by atoms with van der Waals surface area (Å²) >= 11 is 0. The van der Waals surface area contributed by atoms with Crippen molar-refractivity contribution < 1.29 is 17.7 Å². The highest BCUT2D eigenvalue weighted by molar-refractivity contribution is 7.90. The molecule has 0 bridgehead atoms. The molecule has 0 unspecified atom stereocenters. The molecule has 0 spiro atoms. The number of sulfonamides is 1. The number of nitrogens with zero attached hydrogens (tertiary/aromatic N) is 3. The molecule has 0 saturated heterocycles. The molecule has 3 aromatic carbocycles. The van der Waals surface area contributed by atoms with E-state index in [1.807, 2.05) is 19.2 Å². The Morgan fingerprint density at radius 2 is 1.78 bits per heavy atom. The number of nitrogens with one attached hydrogen (secondary N) is 1. The molecule has 1 amide bonds. The Morgan fingerprint density at radius 3 is 2.49 bits per heavy atom. The van der Waals surface area contributed by atoms with Gasteiger partial charge in [0.25, 0.3) is 21.8 Å². The summed E-state index contributed by atoms with van der Waals surface area (Å²) < 4.78 is 32.5. The number of benzene rings is 3. The third-order valence-electron chi connectivity index (χ3n) is 5.82. The molecule has 10 heteroatoms. The van der Waals surface area contributed by atoms with Crippen molar-refractivity contribution in [1.82, 2.24) is 14.9 Å². The Balaban J connectivity index is 1.51. The zero-order valence-electron chi connectivity index (χ0n) is 20.9. The third-order valence-corrected chi connectivity index (χ3v) is 7.16. The van der Waals surface area contributed by atoms with Crippen LogP contribution in [0.2, 0.25) is 0 Å². The van der Waals surface area contributed by atoms with Gasteiger partial charge in [-0.15, -0.1) is 0 Å². The standard InChI is InChI=1S/C27H29N5O4S/c1-18(2)14-15-32(3)24-13-12-19(17-23(24)28)25-29-27(36-30-25)21-9-7-8-20(16-21)26(33)31-37(34,35)22-10-5-4-6-11-22/h4-13,16-18H,14-15,28H2,1-3H3,(H,31,33). The van der Waals surface area contributed by atoms with E-state index < -0.39 is 15.9 Å². The van der Waals surface area contributed by atoms with Crippen LogP contribution in [0.5, 0.6) is 0 Å². The summed E-state index contributed by atoms with van der Waals surface area (Å²) in [6.07, 6.45) is 1.06. The second-order valence-corrected chi connectivity index (χ2v) is 10.8. The largest absolute Gasteiger partial charge is 0.397 e. The number of aromatic nitrogens is 2. The maximum atomic E-state index is 12.7. The average molecular weight is 520 g/mol. The van der Waals surface area contributed by atoms with E-state index in [9.17, 15) is 13.2 Å². The van der Waals surface area contributed by atoms with Crippen LogP contribution in [0.3, 0.4) is 0 Å². The van der Waals surface area contributed by atoms with E-state index in [-0.39, 0.29) is 16.3 Å². The van der Waals surface area contributed by atoms with Crippen LogP contribution in [0.15, 0.2) is 82.2 Å². The van der Waals surface area contributed by atoms with Gasteiger partial charge in [0.15, 0.2) is 0 Å².